The van der Waals surface area contributed by atoms with Gasteiger partial charge in [0.05, 0.1) is 4.88 Å². The summed E-state index contributed by atoms with van der Waals surface area (Å²) in [6, 6.07) is 6.32. The molecule has 17 heavy (non-hydrogen) atoms. The van der Waals surface area contributed by atoms with Crippen molar-refractivity contribution in [2.45, 2.75) is 0 Å². The number of amides is 1. The fraction of sp³-hybridized carbons (Fsp3) is 0. The minimum atomic E-state index is -1.13. The molecule has 2 heterocycles. The van der Waals surface area contributed by atoms with E-state index in [1.54, 1.807) is 17.5 Å². The van der Waals surface area contributed by atoms with Crippen LogP contribution in [0, 0.1) is 0 Å². The van der Waals surface area contributed by atoms with E-state index in [-0.39, 0.29) is 11.6 Å². The minimum Gasteiger partial charge on any atom is -0.477 e. The molecule has 2 N–H and O–H groups in total. The van der Waals surface area contributed by atoms with Gasteiger partial charge in [-0.05, 0) is 23.6 Å². The van der Waals surface area contributed by atoms with Gasteiger partial charge in [0.1, 0.15) is 5.69 Å². The summed E-state index contributed by atoms with van der Waals surface area (Å²) >= 11 is 1.32. The fourth-order valence-corrected chi connectivity index (χ4v) is 1.84. The molecule has 0 bridgehead atoms. The van der Waals surface area contributed by atoms with E-state index in [1.165, 1.54) is 29.7 Å². The quantitative estimate of drug-likeness (QED) is 0.871. The Balaban J connectivity index is 2.16. The van der Waals surface area contributed by atoms with Gasteiger partial charge in [-0.2, -0.15) is 0 Å². The zero-order valence-corrected chi connectivity index (χ0v) is 9.40. The SMILES string of the molecule is O=C(O)c1cc(NC(=O)c2cccs2)ccn1. The molecule has 6 heteroatoms. The zero-order valence-electron chi connectivity index (χ0n) is 8.58. The van der Waals surface area contributed by atoms with Crippen LogP contribution in [0.25, 0.3) is 0 Å². The molecule has 0 aliphatic rings. The molecule has 0 atom stereocenters. The van der Waals surface area contributed by atoms with Gasteiger partial charge in [0.25, 0.3) is 5.91 Å². The van der Waals surface area contributed by atoms with E-state index in [0.717, 1.165) is 0 Å². The van der Waals surface area contributed by atoms with Crippen LogP contribution in [0.4, 0.5) is 5.69 Å². The Kier molecular flexibility index (Phi) is 3.15. The highest BCUT2D eigenvalue weighted by molar-refractivity contribution is 7.12. The Morgan fingerprint density at radius 3 is 2.82 bits per heavy atom. The average Bonchev–Trinajstić information content (AvgIpc) is 2.82. The maximum absolute atomic E-state index is 11.7. The van der Waals surface area contributed by atoms with Crippen molar-refractivity contribution in [3.8, 4) is 0 Å². The highest BCUT2D eigenvalue weighted by atomic mass is 32.1. The Hall–Kier alpha value is -2.21. The second-order valence-electron chi connectivity index (χ2n) is 3.17. The Morgan fingerprint density at radius 1 is 1.35 bits per heavy atom. The Morgan fingerprint density at radius 2 is 2.18 bits per heavy atom. The number of nitrogens with zero attached hydrogens (tertiary/aromatic N) is 1. The van der Waals surface area contributed by atoms with Crippen LogP contribution in [-0.4, -0.2) is 22.0 Å². The molecule has 0 saturated carbocycles. The predicted molar refractivity (Wildman–Crippen MR) is 63.5 cm³/mol. The number of anilines is 1. The van der Waals surface area contributed by atoms with E-state index in [9.17, 15) is 9.59 Å². The molecule has 0 fully saturated rings. The lowest BCUT2D eigenvalue weighted by atomic mass is 10.3. The molecular formula is C11H8N2O3S. The van der Waals surface area contributed by atoms with Gasteiger partial charge in [-0.25, -0.2) is 9.78 Å². The van der Waals surface area contributed by atoms with Gasteiger partial charge in [-0.3, -0.25) is 4.79 Å². The van der Waals surface area contributed by atoms with E-state index >= 15 is 0 Å². The summed E-state index contributed by atoms with van der Waals surface area (Å²) in [5.41, 5.74) is 0.310. The molecule has 0 spiro atoms. The predicted octanol–water partition coefficient (Wildman–Crippen LogP) is 2.09. The zero-order chi connectivity index (χ0) is 12.3. The fourth-order valence-electron chi connectivity index (χ4n) is 1.23. The number of thiophene rings is 1. The normalized spacial score (nSPS) is 9.88. The molecule has 2 aromatic rings. The summed E-state index contributed by atoms with van der Waals surface area (Å²) in [7, 11) is 0. The maximum Gasteiger partial charge on any atom is 0.354 e. The molecule has 0 aliphatic carbocycles. The number of hydrogen-bond acceptors (Lipinski definition) is 4. The summed E-state index contributed by atoms with van der Waals surface area (Å²) in [6.07, 6.45) is 1.34. The third kappa shape index (κ3) is 2.67. The number of aromatic nitrogens is 1. The van der Waals surface area contributed by atoms with Crippen molar-refractivity contribution in [1.29, 1.82) is 0 Å². The van der Waals surface area contributed by atoms with E-state index in [4.69, 9.17) is 5.11 Å². The lowest BCUT2D eigenvalue weighted by Crippen LogP contribution is -2.11. The summed E-state index contributed by atoms with van der Waals surface area (Å²) in [6.45, 7) is 0. The van der Waals surface area contributed by atoms with Crippen molar-refractivity contribution >= 4 is 28.9 Å². The summed E-state index contributed by atoms with van der Waals surface area (Å²) in [4.78, 5) is 26.6. The van der Waals surface area contributed by atoms with E-state index in [2.05, 4.69) is 10.3 Å². The van der Waals surface area contributed by atoms with E-state index < -0.39 is 5.97 Å². The number of pyridine rings is 1. The van der Waals surface area contributed by atoms with Crippen LogP contribution < -0.4 is 5.32 Å². The molecule has 0 unspecified atom stereocenters. The lowest BCUT2D eigenvalue weighted by Gasteiger charge is -2.03. The van der Waals surface area contributed by atoms with Crippen molar-refractivity contribution in [2.75, 3.05) is 5.32 Å². The highest BCUT2D eigenvalue weighted by Gasteiger charge is 2.09. The lowest BCUT2D eigenvalue weighted by molar-refractivity contribution is 0.0690. The molecule has 2 rings (SSSR count). The topological polar surface area (TPSA) is 79.3 Å². The van der Waals surface area contributed by atoms with Crippen LogP contribution in [0.2, 0.25) is 0 Å². The maximum atomic E-state index is 11.7. The largest absolute Gasteiger partial charge is 0.477 e. The average molecular weight is 248 g/mol. The molecule has 0 aromatic carbocycles. The number of aromatic carboxylic acids is 1. The molecule has 0 saturated heterocycles. The molecular weight excluding hydrogens is 240 g/mol. The summed E-state index contributed by atoms with van der Waals surface area (Å²) < 4.78 is 0. The second kappa shape index (κ2) is 4.75. The van der Waals surface area contributed by atoms with Crippen molar-refractivity contribution < 1.29 is 14.7 Å². The monoisotopic (exact) mass is 248 g/mol. The smallest absolute Gasteiger partial charge is 0.354 e. The van der Waals surface area contributed by atoms with Gasteiger partial charge in [-0.1, -0.05) is 6.07 Å². The van der Waals surface area contributed by atoms with Crippen molar-refractivity contribution in [3.63, 3.8) is 0 Å². The van der Waals surface area contributed by atoms with Gasteiger partial charge < -0.3 is 10.4 Å². The number of nitrogens with one attached hydrogen (secondary N) is 1. The Bertz CT molecular complexity index is 552. The molecule has 5 nitrogen and oxygen atoms in total. The second-order valence-corrected chi connectivity index (χ2v) is 4.11. The van der Waals surface area contributed by atoms with Crippen LogP contribution in [0.5, 0.6) is 0 Å². The number of carbonyl (C=O) groups is 2. The van der Waals surface area contributed by atoms with Crippen molar-refractivity contribution in [1.82, 2.24) is 4.98 Å². The van der Waals surface area contributed by atoms with Crippen LogP contribution in [0.3, 0.4) is 0 Å². The van der Waals surface area contributed by atoms with E-state index in [0.29, 0.717) is 10.6 Å². The molecule has 0 aliphatic heterocycles. The number of carbonyl (C=O) groups excluding carboxylic acids is 1. The first kappa shape index (κ1) is 11.3. The van der Waals surface area contributed by atoms with Crippen LogP contribution in [0.1, 0.15) is 20.2 Å². The van der Waals surface area contributed by atoms with Gasteiger partial charge in [-0.15, -0.1) is 11.3 Å². The van der Waals surface area contributed by atoms with Gasteiger partial charge in [0.15, 0.2) is 0 Å². The van der Waals surface area contributed by atoms with Crippen molar-refractivity contribution in [3.05, 3.63) is 46.4 Å². The third-order valence-corrected chi connectivity index (χ3v) is 2.85. The molecule has 86 valence electrons. The first-order valence-corrected chi connectivity index (χ1v) is 5.59. The number of hydrogen-bond donors (Lipinski definition) is 2. The van der Waals surface area contributed by atoms with Gasteiger partial charge >= 0.3 is 5.97 Å². The van der Waals surface area contributed by atoms with Crippen LogP contribution >= 0.6 is 11.3 Å². The number of carboxylic acids is 1. The van der Waals surface area contributed by atoms with E-state index in [1.807, 2.05) is 0 Å². The standard InChI is InChI=1S/C11H8N2O3S/c14-10(9-2-1-5-17-9)13-7-3-4-12-8(6-7)11(15)16/h1-6H,(H,15,16)(H,12,13,14). The summed E-state index contributed by atoms with van der Waals surface area (Å²) in [5, 5.41) is 13.2. The molecule has 1 amide bonds. The first-order chi connectivity index (χ1) is 8.16. The third-order valence-electron chi connectivity index (χ3n) is 1.98. The Labute approximate surface area is 101 Å². The highest BCUT2D eigenvalue weighted by Crippen LogP contribution is 2.13. The summed E-state index contributed by atoms with van der Waals surface area (Å²) in [5.74, 6) is -1.39. The van der Waals surface area contributed by atoms with Crippen LogP contribution in [-0.2, 0) is 0 Å². The number of rotatable bonds is 3. The number of carboxylic acid groups (broad SMARTS) is 1. The van der Waals surface area contributed by atoms with Crippen molar-refractivity contribution in [2.24, 2.45) is 0 Å². The van der Waals surface area contributed by atoms with Gasteiger partial charge in [0.2, 0.25) is 0 Å². The van der Waals surface area contributed by atoms with Crippen LogP contribution in [0.15, 0.2) is 35.8 Å². The first-order valence-electron chi connectivity index (χ1n) is 4.71. The molecule has 2 aromatic heterocycles. The minimum absolute atomic E-state index is 0.103. The molecule has 0 radical (unpaired) electrons. The van der Waals surface area contributed by atoms with Gasteiger partial charge in [0, 0.05) is 11.9 Å².